The number of nitrogens with two attached hydrogens (primary N) is 1. The number of aliphatic hydroxyl groups is 1. The summed E-state index contributed by atoms with van der Waals surface area (Å²) in [5, 5.41) is 16.9. The number of hydrogen-bond acceptors (Lipinski definition) is 4. The first-order chi connectivity index (χ1) is 7.68. The van der Waals surface area contributed by atoms with E-state index in [4.69, 9.17) is 11.1 Å². The molecule has 16 heavy (non-hydrogen) atoms. The molecule has 2 heterocycles. The predicted molar refractivity (Wildman–Crippen MR) is 62.7 cm³/mol. The lowest BCUT2D eigenvalue weighted by atomic mass is 10.1. The van der Waals surface area contributed by atoms with E-state index in [1.54, 1.807) is 6.20 Å². The molecule has 0 aromatic carbocycles. The van der Waals surface area contributed by atoms with Crippen LogP contribution in [0.1, 0.15) is 18.5 Å². The lowest BCUT2D eigenvalue weighted by Gasteiger charge is -2.32. The summed E-state index contributed by atoms with van der Waals surface area (Å²) in [5.74, 6) is -0.0123. The van der Waals surface area contributed by atoms with Crippen LogP contribution in [0.4, 0.5) is 5.69 Å². The highest BCUT2D eigenvalue weighted by Gasteiger charge is 2.20. The van der Waals surface area contributed by atoms with Gasteiger partial charge in [0.2, 0.25) is 0 Å². The molecule has 0 atom stereocenters. The fourth-order valence-electron chi connectivity index (χ4n) is 1.97. The highest BCUT2D eigenvalue weighted by Crippen LogP contribution is 2.22. The van der Waals surface area contributed by atoms with Gasteiger partial charge in [-0.2, -0.15) is 0 Å². The van der Waals surface area contributed by atoms with Gasteiger partial charge in [-0.25, -0.2) is 0 Å². The van der Waals surface area contributed by atoms with Crippen LogP contribution in [0.25, 0.3) is 0 Å². The zero-order valence-electron chi connectivity index (χ0n) is 9.06. The van der Waals surface area contributed by atoms with Gasteiger partial charge in [0.15, 0.2) is 0 Å². The minimum Gasteiger partial charge on any atom is -0.393 e. The van der Waals surface area contributed by atoms with Crippen LogP contribution in [0, 0.1) is 5.41 Å². The molecule has 1 aliphatic heterocycles. The van der Waals surface area contributed by atoms with Gasteiger partial charge in [0.1, 0.15) is 11.5 Å². The Bertz CT molecular complexity index is 385. The molecule has 1 aromatic rings. The van der Waals surface area contributed by atoms with Crippen molar-refractivity contribution >= 4 is 11.5 Å². The zero-order valence-corrected chi connectivity index (χ0v) is 9.06. The van der Waals surface area contributed by atoms with Gasteiger partial charge >= 0.3 is 0 Å². The van der Waals surface area contributed by atoms with E-state index in [1.165, 1.54) is 0 Å². The minimum atomic E-state index is -0.200. The standard InChI is InChI=1S/C11H16N4O/c12-11(13)10-9(2-1-5-14-10)15-6-3-8(16)4-7-15/h1-2,5,8,16H,3-4,6-7H2,(H3,12,13). The Morgan fingerprint density at radius 3 is 2.81 bits per heavy atom. The van der Waals surface area contributed by atoms with Gasteiger partial charge in [0.25, 0.3) is 0 Å². The van der Waals surface area contributed by atoms with E-state index in [0.717, 1.165) is 31.6 Å². The monoisotopic (exact) mass is 220 g/mol. The number of amidine groups is 1. The van der Waals surface area contributed by atoms with Gasteiger partial charge in [0.05, 0.1) is 11.8 Å². The van der Waals surface area contributed by atoms with E-state index >= 15 is 0 Å². The molecule has 1 aromatic heterocycles. The van der Waals surface area contributed by atoms with Crippen LogP contribution in [0.15, 0.2) is 18.3 Å². The number of pyridine rings is 1. The van der Waals surface area contributed by atoms with E-state index in [9.17, 15) is 5.11 Å². The Morgan fingerprint density at radius 2 is 2.19 bits per heavy atom. The predicted octanol–water partition coefficient (Wildman–Crippen LogP) is 0.327. The number of rotatable bonds is 2. The maximum atomic E-state index is 9.44. The number of aliphatic hydroxyl groups excluding tert-OH is 1. The quantitative estimate of drug-likeness (QED) is 0.495. The third-order valence-corrected chi connectivity index (χ3v) is 2.85. The second-order valence-corrected chi connectivity index (χ2v) is 4.00. The maximum absolute atomic E-state index is 9.44. The van der Waals surface area contributed by atoms with E-state index in [2.05, 4.69) is 9.88 Å². The largest absolute Gasteiger partial charge is 0.393 e. The van der Waals surface area contributed by atoms with Gasteiger partial charge in [-0.3, -0.25) is 10.4 Å². The Labute approximate surface area is 94.4 Å². The Morgan fingerprint density at radius 1 is 1.50 bits per heavy atom. The molecule has 4 N–H and O–H groups in total. The van der Waals surface area contributed by atoms with Crippen molar-refractivity contribution in [3.05, 3.63) is 24.0 Å². The third kappa shape index (κ3) is 2.14. The summed E-state index contributed by atoms with van der Waals surface area (Å²) in [6.45, 7) is 1.57. The summed E-state index contributed by atoms with van der Waals surface area (Å²) in [4.78, 5) is 6.24. The highest BCUT2D eigenvalue weighted by molar-refractivity contribution is 5.98. The van der Waals surface area contributed by atoms with E-state index in [-0.39, 0.29) is 11.9 Å². The van der Waals surface area contributed by atoms with Gasteiger partial charge < -0.3 is 15.7 Å². The number of hydrogen-bond donors (Lipinski definition) is 3. The Kier molecular flexibility index (Phi) is 3.05. The topological polar surface area (TPSA) is 86.2 Å². The molecule has 0 aliphatic carbocycles. The zero-order chi connectivity index (χ0) is 11.5. The van der Waals surface area contributed by atoms with Gasteiger partial charge in [-0.05, 0) is 25.0 Å². The van der Waals surface area contributed by atoms with Crippen molar-refractivity contribution in [3.8, 4) is 0 Å². The summed E-state index contributed by atoms with van der Waals surface area (Å²) >= 11 is 0. The number of piperidine rings is 1. The molecule has 0 unspecified atom stereocenters. The van der Waals surface area contributed by atoms with Crippen molar-refractivity contribution in [1.82, 2.24) is 4.98 Å². The maximum Gasteiger partial charge on any atom is 0.143 e. The molecule has 0 bridgehead atoms. The van der Waals surface area contributed by atoms with Crippen LogP contribution >= 0.6 is 0 Å². The minimum absolute atomic E-state index is 0.0123. The fourth-order valence-corrected chi connectivity index (χ4v) is 1.97. The molecule has 1 saturated heterocycles. The average Bonchev–Trinajstić information content (AvgIpc) is 2.30. The summed E-state index contributed by atoms with van der Waals surface area (Å²) in [7, 11) is 0. The van der Waals surface area contributed by atoms with Gasteiger partial charge in [-0.1, -0.05) is 0 Å². The summed E-state index contributed by atoms with van der Waals surface area (Å²) in [5.41, 5.74) is 6.91. The number of anilines is 1. The van der Waals surface area contributed by atoms with Crippen LogP contribution in [0.5, 0.6) is 0 Å². The molecule has 5 heteroatoms. The second kappa shape index (κ2) is 4.49. The smallest absolute Gasteiger partial charge is 0.143 e. The first-order valence-electron chi connectivity index (χ1n) is 5.41. The number of nitrogen functional groups attached to an aromatic ring is 1. The third-order valence-electron chi connectivity index (χ3n) is 2.85. The molecular weight excluding hydrogens is 204 g/mol. The van der Waals surface area contributed by atoms with Crippen molar-refractivity contribution in [3.63, 3.8) is 0 Å². The Hall–Kier alpha value is -1.62. The average molecular weight is 220 g/mol. The summed E-state index contributed by atoms with van der Waals surface area (Å²) in [6.07, 6.45) is 2.95. The van der Waals surface area contributed by atoms with Gasteiger partial charge in [0, 0.05) is 19.3 Å². The fraction of sp³-hybridized carbons (Fsp3) is 0.455. The van der Waals surface area contributed by atoms with E-state index in [0.29, 0.717) is 5.69 Å². The van der Waals surface area contributed by atoms with Crippen LogP contribution in [-0.2, 0) is 0 Å². The number of nitrogens with zero attached hydrogens (tertiary/aromatic N) is 2. The molecule has 0 saturated carbocycles. The first kappa shape index (κ1) is 10.9. The van der Waals surface area contributed by atoms with Gasteiger partial charge in [-0.15, -0.1) is 0 Å². The molecule has 2 rings (SSSR count). The SMILES string of the molecule is N=C(N)c1ncccc1N1CCC(O)CC1. The molecule has 0 amide bonds. The lowest BCUT2D eigenvalue weighted by molar-refractivity contribution is 0.145. The highest BCUT2D eigenvalue weighted by atomic mass is 16.3. The van der Waals surface area contributed by atoms with Crippen LogP contribution in [0.2, 0.25) is 0 Å². The van der Waals surface area contributed by atoms with Crippen LogP contribution < -0.4 is 10.6 Å². The van der Waals surface area contributed by atoms with Crippen molar-refractivity contribution < 1.29 is 5.11 Å². The summed E-state index contributed by atoms with van der Waals surface area (Å²) in [6, 6.07) is 3.76. The molecule has 1 fully saturated rings. The number of aromatic nitrogens is 1. The van der Waals surface area contributed by atoms with E-state index in [1.807, 2.05) is 12.1 Å². The van der Waals surface area contributed by atoms with Crippen LogP contribution in [-0.4, -0.2) is 35.1 Å². The molecule has 5 nitrogen and oxygen atoms in total. The molecular formula is C11H16N4O. The van der Waals surface area contributed by atoms with E-state index < -0.39 is 0 Å². The van der Waals surface area contributed by atoms with Crippen molar-refractivity contribution in [1.29, 1.82) is 5.41 Å². The Balaban J connectivity index is 2.23. The molecule has 0 radical (unpaired) electrons. The van der Waals surface area contributed by atoms with Crippen molar-refractivity contribution in [2.75, 3.05) is 18.0 Å². The number of nitrogens with one attached hydrogen (secondary N) is 1. The second-order valence-electron chi connectivity index (χ2n) is 4.00. The van der Waals surface area contributed by atoms with Crippen LogP contribution in [0.3, 0.4) is 0 Å². The molecule has 1 aliphatic rings. The summed E-state index contributed by atoms with van der Waals surface area (Å²) < 4.78 is 0. The normalized spacial score (nSPS) is 17.4. The molecule has 0 spiro atoms. The lowest BCUT2D eigenvalue weighted by Crippen LogP contribution is -2.37. The van der Waals surface area contributed by atoms with Crippen molar-refractivity contribution in [2.45, 2.75) is 18.9 Å². The van der Waals surface area contributed by atoms with Crippen molar-refractivity contribution in [2.24, 2.45) is 5.73 Å². The molecule has 86 valence electrons. The first-order valence-corrected chi connectivity index (χ1v) is 5.41.